The Labute approximate surface area is 181 Å². The van der Waals surface area contributed by atoms with Crippen LogP contribution in [0.1, 0.15) is 87.9 Å². The average Bonchev–Trinajstić information content (AvgIpc) is 2.73. The van der Waals surface area contributed by atoms with E-state index in [2.05, 4.69) is 17.1 Å². The van der Waals surface area contributed by atoms with Gasteiger partial charge in [0, 0.05) is 23.3 Å². The zero-order valence-electron chi connectivity index (χ0n) is 18.5. The second-order valence-electron chi connectivity index (χ2n) is 10.8. The van der Waals surface area contributed by atoms with Crippen LogP contribution < -0.4 is 5.32 Å². The fraction of sp³-hybridized carbons (Fsp3) is 0.731. The van der Waals surface area contributed by atoms with Crippen LogP contribution in [0.4, 0.5) is 5.69 Å². The quantitative estimate of drug-likeness (QED) is 0.597. The molecule has 4 aliphatic carbocycles. The summed E-state index contributed by atoms with van der Waals surface area (Å²) in [5.41, 5.74) is 1.64. The van der Waals surface area contributed by atoms with Gasteiger partial charge in [0.05, 0.1) is 5.56 Å². The van der Waals surface area contributed by atoms with E-state index in [0.717, 1.165) is 36.3 Å². The maximum Gasteiger partial charge on any atom is 0.337 e. The van der Waals surface area contributed by atoms with Crippen LogP contribution in [-0.4, -0.2) is 40.1 Å². The predicted molar refractivity (Wildman–Crippen MR) is 121 cm³/mol. The van der Waals surface area contributed by atoms with Gasteiger partial charge in [-0.25, -0.2) is 4.79 Å². The number of hydrogen-bond acceptors (Lipinski definition) is 3. The minimum absolute atomic E-state index is 0.324. The lowest BCUT2D eigenvalue weighted by Gasteiger charge is -2.63. The van der Waals surface area contributed by atoms with E-state index < -0.39 is 5.97 Å². The molecule has 0 spiro atoms. The van der Waals surface area contributed by atoms with E-state index >= 15 is 0 Å². The number of hydrogen-bond donors (Lipinski definition) is 2. The molecule has 2 unspecified atom stereocenters. The molecule has 4 saturated carbocycles. The molecule has 1 aliphatic heterocycles. The summed E-state index contributed by atoms with van der Waals surface area (Å²) >= 11 is 0. The molecule has 0 amide bonds. The minimum Gasteiger partial charge on any atom is -0.478 e. The lowest BCUT2D eigenvalue weighted by Crippen LogP contribution is -2.63. The Morgan fingerprint density at radius 1 is 1.13 bits per heavy atom. The topological polar surface area (TPSA) is 52.6 Å². The molecule has 164 valence electrons. The van der Waals surface area contributed by atoms with E-state index in [1.54, 1.807) is 6.07 Å². The fourth-order valence-corrected chi connectivity index (χ4v) is 7.96. The molecule has 4 bridgehead atoms. The van der Waals surface area contributed by atoms with Crippen LogP contribution in [0.15, 0.2) is 24.3 Å². The standard InChI is InChI=1S/C26H38N2O2/c1-2-21(27-24-9-4-3-8-23(24)25(29)30)14-22-7-5-6-10-28(22)26-15-18-11-19(16-26)13-20(12-18)17-26/h3-4,8-9,18-22,27H,2,5-7,10-17H2,1H3,(H,29,30). The van der Waals surface area contributed by atoms with Gasteiger partial charge in [-0.3, -0.25) is 4.90 Å². The second-order valence-corrected chi connectivity index (χ2v) is 10.8. The molecular formula is C26H38N2O2. The molecule has 2 N–H and O–H groups in total. The number of benzene rings is 1. The first-order valence-corrected chi connectivity index (χ1v) is 12.4. The number of carboxylic acid groups (broad SMARTS) is 1. The third kappa shape index (κ3) is 3.77. The van der Waals surface area contributed by atoms with Crippen LogP contribution in [0.25, 0.3) is 0 Å². The molecule has 1 saturated heterocycles. The van der Waals surface area contributed by atoms with Crippen LogP contribution in [0.3, 0.4) is 0 Å². The molecule has 0 radical (unpaired) electrons. The molecule has 4 heteroatoms. The molecule has 4 nitrogen and oxygen atoms in total. The molecule has 6 rings (SSSR count). The summed E-state index contributed by atoms with van der Waals surface area (Å²) in [6.45, 7) is 3.51. The van der Waals surface area contributed by atoms with Crippen molar-refractivity contribution in [2.75, 3.05) is 11.9 Å². The Kier molecular flexibility index (Phi) is 5.55. The Bertz CT molecular complexity index is 741. The largest absolute Gasteiger partial charge is 0.478 e. The third-order valence-corrected chi connectivity index (χ3v) is 8.81. The Morgan fingerprint density at radius 2 is 1.80 bits per heavy atom. The van der Waals surface area contributed by atoms with E-state index in [1.807, 2.05) is 18.2 Å². The van der Waals surface area contributed by atoms with Crippen LogP contribution in [-0.2, 0) is 0 Å². The molecule has 5 fully saturated rings. The number of rotatable bonds is 7. The first kappa shape index (κ1) is 20.4. The molecule has 2 atom stereocenters. The van der Waals surface area contributed by atoms with Crippen molar-refractivity contribution in [1.82, 2.24) is 4.90 Å². The summed E-state index contributed by atoms with van der Waals surface area (Å²) in [5.74, 6) is 2.12. The summed E-state index contributed by atoms with van der Waals surface area (Å²) in [4.78, 5) is 14.6. The van der Waals surface area contributed by atoms with Gasteiger partial charge in [0.2, 0.25) is 0 Å². The highest BCUT2D eigenvalue weighted by atomic mass is 16.4. The number of nitrogens with one attached hydrogen (secondary N) is 1. The van der Waals surface area contributed by atoms with Crippen molar-refractivity contribution in [3.8, 4) is 0 Å². The number of likely N-dealkylation sites (tertiary alicyclic amines) is 1. The highest BCUT2D eigenvalue weighted by molar-refractivity contribution is 5.94. The normalized spacial score (nSPS) is 36.6. The van der Waals surface area contributed by atoms with E-state index in [1.165, 1.54) is 64.3 Å². The SMILES string of the molecule is CCC(CC1CCCCN1C12CC3CC(CC(C3)C1)C2)Nc1ccccc1C(=O)O. The Balaban J connectivity index is 1.33. The zero-order valence-corrected chi connectivity index (χ0v) is 18.5. The molecule has 1 aromatic rings. The van der Waals surface area contributed by atoms with Crippen molar-refractivity contribution >= 4 is 11.7 Å². The second kappa shape index (κ2) is 8.18. The lowest BCUT2D eigenvalue weighted by molar-refractivity contribution is -0.114. The summed E-state index contributed by atoms with van der Waals surface area (Å²) in [6.07, 6.45) is 15.0. The van der Waals surface area contributed by atoms with Gasteiger partial charge in [0.1, 0.15) is 0 Å². The average molecular weight is 411 g/mol. The summed E-state index contributed by atoms with van der Waals surface area (Å²) in [5, 5.41) is 13.2. The van der Waals surface area contributed by atoms with Gasteiger partial charge in [-0.05, 0) is 101 Å². The summed E-state index contributed by atoms with van der Waals surface area (Å²) in [7, 11) is 0. The third-order valence-electron chi connectivity index (χ3n) is 8.81. The first-order valence-electron chi connectivity index (χ1n) is 12.4. The van der Waals surface area contributed by atoms with E-state index in [-0.39, 0.29) is 0 Å². The van der Waals surface area contributed by atoms with Crippen molar-refractivity contribution in [1.29, 1.82) is 0 Å². The molecule has 30 heavy (non-hydrogen) atoms. The number of piperidine rings is 1. The number of para-hydroxylation sites is 1. The summed E-state index contributed by atoms with van der Waals surface area (Å²) < 4.78 is 0. The smallest absolute Gasteiger partial charge is 0.337 e. The van der Waals surface area contributed by atoms with Crippen LogP contribution in [0.5, 0.6) is 0 Å². The molecular weight excluding hydrogens is 372 g/mol. The van der Waals surface area contributed by atoms with Gasteiger partial charge in [-0.15, -0.1) is 0 Å². The van der Waals surface area contributed by atoms with Crippen LogP contribution >= 0.6 is 0 Å². The van der Waals surface area contributed by atoms with Crippen molar-refractivity contribution in [3.63, 3.8) is 0 Å². The zero-order chi connectivity index (χ0) is 20.7. The van der Waals surface area contributed by atoms with Gasteiger partial charge in [-0.1, -0.05) is 25.5 Å². The van der Waals surface area contributed by atoms with Gasteiger partial charge in [0.25, 0.3) is 0 Å². The van der Waals surface area contributed by atoms with Crippen molar-refractivity contribution in [3.05, 3.63) is 29.8 Å². The fourth-order valence-electron chi connectivity index (χ4n) is 7.96. The number of aromatic carboxylic acids is 1. The predicted octanol–water partition coefficient (Wildman–Crippen LogP) is 5.79. The maximum absolute atomic E-state index is 11.6. The van der Waals surface area contributed by atoms with Gasteiger partial charge >= 0.3 is 5.97 Å². The number of carboxylic acids is 1. The Morgan fingerprint density at radius 3 is 2.43 bits per heavy atom. The van der Waals surface area contributed by atoms with Crippen molar-refractivity contribution < 1.29 is 9.90 Å². The first-order chi connectivity index (χ1) is 14.6. The maximum atomic E-state index is 11.6. The highest BCUT2D eigenvalue weighted by Gasteiger charge is 2.54. The number of nitrogens with zero attached hydrogens (tertiary/aromatic N) is 1. The lowest BCUT2D eigenvalue weighted by atomic mass is 9.52. The highest BCUT2D eigenvalue weighted by Crippen LogP contribution is 2.58. The number of anilines is 1. The summed E-state index contributed by atoms with van der Waals surface area (Å²) in [6, 6.07) is 8.34. The van der Waals surface area contributed by atoms with Gasteiger partial charge in [0.15, 0.2) is 0 Å². The molecule has 5 aliphatic rings. The van der Waals surface area contributed by atoms with E-state index in [4.69, 9.17) is 0 Å². The molecule has 0 aromatic heterocycles. The van der Waals surface area contributed by atoms with E-state index in [0.29, 0.717) is 23.2 Å². The van der Waals surface area contributed by atoms with Crippen molar-refractivity contribution in [2.24, 2.45) is 17.8 Å². The van der Waals surface area contributed by atoms with Crippen LogP contribution in [0.2, 0.25) is 0 Å². The molecule has 1 aromatic carbocycles. The van der Waals surface area contributed by atoms with Crippen LogP contribution in [0, 0.1) is 17.8 Å². The Hall–Kier alpha value is -1.55. The van der Waals surface area contributed by atoms with Crippen molar-refractivity contribution in [2.45, 2.75) is 95.2 Å². The van der Waals surface area contributed by atoms with Gasteiger partial charge in [-0.2, -0.15) is 0 Å². The van der Waals surface area contributed by atoms with Gasteiger partial charge < -0.3 is 10.4 Å². The monoisotopic (exact) mass is 410 g/mol. The molecule has 1 heterocycles. The number of carbonyl (C=O) groups is 1. The van der Waals surface area contributed by atoms with E-state index in [9.17, 15) is 9.90 Å². The minimum atomic E-state index is -0.846.